The summed E-state index contributed by atoms with van der Waals surface area (Å²) in [5.74, 6) is -0.245. The van der Waals surface area contributed by atoms with Gasteiger partial charge in [0.15, 0.2) is 0 Å². The number of aliphatic carboxylic acids is 1. The molecule has 2 saturated heterocycles. The second-order valence-corrected chi connectivity index (χ2v) is 6.14. The molecule has 2 heterocycles. The monoisotopic (exact) mass is 316 g/mol. The van der Waals surface area contributed by atoms with Gasteiger partial charge in [0.25, 0.3) is 0 Å². The summed E-state index contributed by atoms with van der Waals surface area (Å²) in [6.45, 7) is 1.27. The van der Waals surface area contributed by atoms with Crippen LogP contribution in [-0.4, -0.2) is 76.7 Å². The van der Waals surface area contributed by atoms with E-state index in [1.807, 2.05) is 0 Å². The molecule has 1 N–H and O–H groups in total. The van der Waals surface area contributed by atoms with Crippen LogP contribution in [0.15, 0.2) is 0 Å². The Morgan fingerprint density at radius 1 is 1.48 bits per heavy atom. The van der Waals surface area contributed by atoms with Crippen LogP contribution in [0.2, 0.25) is 0 Å². The molecule has 2 rings (SSSR count). The quantitative estimate of drug-likeness (QED) is 0.711. The molecule has 0 spiro atoms. The van der Waals surface area contributed by atoms with E-state index in [0.717, 1.165) is 12.8 Å². The molecule has 2 aliphatic rings. The largest absolute Gasteiger partial charge is 0.481 e. The number of amides is 2. The molecule has 0 bridgehead atoms. The van der Waals surface area contributed by atoms with Crippen molar-refractivity contribution in [3.05, 3.63) is 0 Å². The molecule has 0 aliphatic carbocycles. The van der Waals surface area contributed by atoms with Gasteiger partial charge in [0, 0.05) is 19.7 Å². The summed E-state index contributed by atoms with van der Waals surface area (Å²) in [4.78, 5) is 37.6. The number of rotatable bonds is 7. The zero-order chi connectivity index (χ0) is 15.2. The van der Waals surface area contributed by atoms with Crippen LogP contribution in [-0.2, 0) is 19.1 Å². The van der Waals surface area contributed by atoms with E-state index in [2.05, 4.69) is 0 Å². The molecule has 2 amide bonds. The van der Waals surface area contributed by atoms with Gasteiger partial charge >= 0.3 is 5.97 Å². The summed E-state index contributed by atoms with van der Waals surface area (Å²) < 4.78 is 5.51. The van der Waals surface area contributed by atoms with Gasteiger partial charge < -0.3 is 19.6 Å². The Bertz CT molecular complexity index is 411. The molecule has 7 nitrogen and oxygen atoms in total. The normalized spacial score (nSPS) is 21.8. The van der Waals surface area contributed by atoms with Crippen molar-refractivity contribution in [2.24, 2.45) is 0 Å². The third-order valence-electron chi connectivity index (χ3n) is 3.55. The van der Waals surface area contributed by atoms with E-state index in [9.17, 15) is 14.4 Å². The molecule has 0 saturated carbocycles. The molecule has 0 unspecified atom stereocenters. The standard InChI is InChI=1S/C13H20N2O5S/c16-11(7-15-9-21-8-12(15)17)14(4-3-13(18)19)6-10-2-1-5-20-10/h10H,1-9H2,(H,18,19)/t10-/m0/s1. The Balaban J connectivity index is 1.90. The van der Waals surface area contributed by atoms with Gasteiger partial charge in [-0.3, -0.25) is 14.4 Å². The number of carbonyl (C=O) groups is 3. The molecule has 2 fully saturated rings. The minimum absolute atomic E-state index is 0.0219. The summed E-state index contributed by atoms with van der Waals surface area (Å²) >= 11 is 1.48. The number of carboxylic acid groups (broad SMARTS) is 1. The molecule has 21 heavy (non-hydrogen) atoms. The molecule has 8 heteroatoms. The van der Waals surface area contributed by atoms with Gasteiger partial charge in [0.1, 0.15) is 6.54 Å². The van der Waals surface area contributed by atoms with E-state index in [1.165, 1.54) is 21.6 Å². The van der Waals surface area contributed by atoms with Gasteiger partial charge in [-0.15, -0.1) is 11.8 Å². The van der Waals surface area contributed by atoms with Crippen LogP contribution in [0, 0.1) is 0 Å². The molecular weight excluding hydrogens is 296 g/mol. The smallest absolute Gasteiger partial charge is 0.305 e. The van der Waals surface area contributed by atoms with Crippen molar-refractivity contribution in [3.8, 4) is 0 Å². The van der Waals surface area contributed by atoms with E-state index in [1.54, 1.807) is 0 Å². The van der Waals surface area contributed by atoms with Crippen molar-refractivity contribution in [1.29, 1.82) is 0 Å². The molecule has 0 aromatic heterocycles. The average molecular weight is 316 g/mol. The van der Waals surface area contributed by atoms with Crippen molar-refractivity contribution in [2.45, 2.75) is 25.4 Å². The number of nitrogens with zero attached hydrogens (tertiary/aromatic N) is 2. The van der Waals surface area contributed by atoms with E-state index in [0.29, 0.717) is 24.8 Å². The topological polar surface area (TPSA) is 87.2 Å². The predicted molar refractivity (Wildman–Crippen MR) is 76.8 cm³/mol. The Kier molecular flexibility index (Phi) is 5.86. The molecule has 0 aromatic rings. The summed E-state index contributed by atoms with van der Waals surface area (Å²) in [6.07, 6.45) is 1.73. The fraction of sp³-hybridized carbons (Fsp3) is 0.769. The first-order chi connectivity index (χ1) is 10.1. The Labute approximate surface area is 127 Å². The van der Waals surface area contributed by atoms with Crippen molar-refractivity contribution in [3.63, 3.8) is 0 Å². The predicted octanol–water partition coefficient (Wildman–Crippen LogP) is 0.00160. The van der Waals surface area contributed by atoms with Crippen molar-refractivity contribution in [2.75, 3.05) is 37.9 Å². The number of carbonyl (C=O) groups excluding carboxylic acids is 2. The minimum atomic E-state index is -0.937. The maximum Gasteiger partial charge on any atom is 0.305 e. The second kappa shape index (κ2) is 7.65. The lowest BCUT2D eigenvalue weighted by Crippen LogP contribution is -2.44. The Hall–Kier alpha value is -1.28. The van der Waals surface area contributed by atoms with E-state index < -0.39 is 5.97 Å². The number of carboxylic acids is 1. The number of hydrogen-bond donors (Lipinski definition) is 1. The molecule has 2 aliphatic heterocycles. The van der Waals surface area contributed by atoms with E-state index in [4.69, 9.17) is 9.84 Å². The van der Waals surface area contributed by atoms with E-state index >= 15 is 0 Å². The van der Waals surface area contributed by atoms with Crippen molar-refractivity contribution >= 4 is 29.5 Å². The van der Waals surface area contributed by atoms with E-state index in [-0.39, 0.29) is 37.4 Å². The van der Waals surface area contributed by atoms with Crippen LogP contribution in [0.5, 0.6) is 0 Å². The van der Waals surface area contributed by atoms with Crippen LogP contribution in [0.1, 0.15) is 19.3 Å². The van der Waals surface area contributed by atoms with Crippen LogP contribution in [0.3, 0.4) is 0 Å². The number of thioether (sulfide) groups is 1. The van der Waals surface area contributed by atoms with Crippen LogP contribution in [0.25, 0.3) is 0 Å². The lowest BCUT2D eigenvalue weighted by Gasteiger charge is -2.27. The fourth-order valence-corrected chi connectivity index (χ4v) is 3.29. The average Bonchev–Trinajstić information content (AvgIpc) is 3.07. The third kappa shape index (κ3) is 4.89. The SMILES string of the molecule is O=C(O)CCN(C[C@@H]1CCCO1)C(=O)CN1CSCC1=O. The molecule has 118 valence electrons. The molecule has 1 atom stereocenters. The van der Waals surface area contributed by atoms with Gasteiger partial charge in [-0.25, -0.2) is 0 Å². The fourth-order valence-electron chi connectivity index (χ4n) is 2.39. The van der Waals surface area contributed by atoms with Crippen molar-refractivity contribution in [1.82, 2.24) is 9.80 Å². The third-order valence-corrected chi connectivity index (χ3v) is 4.49. The highest BCUT2D eigenvalue weighted by Crippen LogP contribution is 2.16. The van der Waals surface area contributed by atoms with Crippen molar-refractivity contribution < 1.29 is 24.2 Å². The molecule has 0 aromatic carbocycles. The van der Waals surface area contributed by atoms with Crippen LogP contribution >= 0.6 is 11.8 Å². The lowest BCUT2D eigenvalue weighted by molar-refractivity contribution is -0.141. The molecule has 0 radical (unpaired) electrons. The first-order valence-corrected chi connectivity index (χ1v) is 8.18. The maximum absolute atomic E-state index is 12.3. The van der Waals surface area contributed by atoms with Gasteiger partial charge in [0.05, 0.1) is 24.2 Å². The summed E-state index contributed by atoms with van der Waals surface area (Å²) in [6, 6.07) is 0. The Morgan fingerprint density at radius 2 is 2.29 bits per heavy atom. The lowest BCUT2D eigenvalue weighted by atomic mass is 10.2. The highest BCUT2D eigenvalue weighted by atomic mass is 32.2. The summed E-state index contributed by atoms with van der Waals surface area (Å²) in [5.41, 5.74) is 0. The summed E-state index contributed by atoms with van der Waals surface area (Å²) in [5, 5.41) is 8.79. The maximum atomic E-state index is 12.3. The van der Waals surface area contributed by atoms with Gasteiger partial charge in [0.2, 0.25) is 11.8 Å². The molecular formula is C13H20N2O5S. The Morgan fingerprint density at radius 3 is 2.86 bits per heavy atom. The van der Waals surface area contributed by atoms with Crippen LogP contribution < -0.4 is 0 Å². The number of hydrogen-bond acceptors (Lipinski definition) is 5. The second-order valence-electron chi connectivity index (χ2n) is 5.19. The van der Waals surface area contributed by atoms with Gasteiger partial charge in [-0.1, -0.05) is 0 Å². The highest BCUT2D eigenvalue weighted by Gasteiger charge is 2.27. The zero-order valence-corrected chi connectivity index (χ0v) is 12.6. The number of ether oxygens (including phenoxy) is 1. The van der Waals surface area contributed by atoms with Gasteiger partial charge in [-0.2, -0.15) is 0 Å². The highest BCUT2D eigenvalue weighted by molar-refractivity contribution is 8.00. The minimum Gasteiger partial charge on any atom is -0.481 e. The first-order valence-electron chi connectivity index (χ1n) is 7.03. The summed E-state index contributed by atoms with van der Waals surface area (Å²) in [7, 11) is 0. The van der Waals surface area contributed by atoms with Crippen LogP contribution in [0.4, 0.5) is 0 Å². The van der Waals surface area contributed by atoms with Gasteiger partial charge in [-0.05, 0) is 12.8 Å². The first kappa shape index (κ1) is 16.1. The zero-order valence-electron chi connectivity index (χ0n) is 11.8.